The molecule has 1 atom stereocenters. The summed E-state index contributed by atoms with van der Waals surface area (Å²) in [5.74, 6) is -1.08. The van der Waals surface area contributed by atoms with Crippen molar-refractivity contribution in [3.63, 3.8) is 0 Å². The van der Waals surface area contributed by atoms with E-state index in [4.69, 9.17) is 5.11 Å². The predicted octanol–water partition coefficient (Wildman–Crippen LogP) is 3.45. The number of nitrogens with zero attached hydrogens (tertiary/aromatic N) is 1. The third-order valence-corrected chi connectivity index (χ3v) is 3.54. The molecule has 6 nitrogen and oxygen atoms in total. The van der Waals surface area contributed by atoms with E-state index in [0.717, 1.165) is 19.3 Å². The number of aromatic nitrogens is 1. The van der Waals surface area contributed by atoms with E-state index in [1.165, 1.54) is 0 Å². The molecule has 0 aromatic carbocycles. The first-order valence-corrected chi connectivity index (χ1v) is 7.41. The fourth-order valence-electron chi connectivity index (χ4n) is 2.11. The summed E-state index contributed by atoms with van der Waals surface area (Å²) < 4.78 is 0. The van der Waals surface area contributed by atoms with Crippen LogP contribution >= 0.6 is 0 Å². The Kier molecular flexibility index (Phi) is 6.27. The summed E-state index contributed by atoms with van der Waals surface area (Å²) in [7, 11) is 0. The lowest BCUT2D eigenvalue weighted by Gasteiger charge is -2.28. The molecule has 0 aliphatic carbocycles. The van der Waals surface area contributed by atoms with E-state index in [9.17, 15) is 9.59 Å². The molecule has 1 unspecified atom stereocenters. The molecule has 0 fully saturated rings. The van der Waals surface area contributed by atoms with Crippen LogP contribution < -0.4 is 5.32 Å². The first kappa shape index (κ1) is 17.1. The topological polar surface area (TPSA) is 85.4 Å². The number of unbranched alkanes of at least 4 members (excludes halogenated alkanes) is 1. The summed E-state index contributed by atoms with van der Waals surface area (Å²) in [4.78, 5) is 28.1. The predicted molar refractivity (Wildman–Crippen MR) is 82.9 cm³/mol. The minimum absolute atomic E-state index is 0.0143. The van der Waals surface area contributed by atoms with Crippen molar-refractivity contribution in [3.8, 4) is 0 Å². The number of urea groups is 1. The number of anilines is 1. The Balaban J connectivity index is 2.88. The molecule has 0 aliphatic rings. The van der Waals surface area contributed by atoms with Gasteiger partial charge in [0.25, 0.3) is 0 Å². The molecule has 0 bridgehead atoms. The molecule has 118 valence electrons. The van der Waals surface area contributed by atoms with Gasteiger partial charge < -0.3 is 20.3 Å². The SMILES string of the molecule is CCCCN(C(=O)Nc1cc(C)[nH]c1C(=O)O)C(C)CC. The number of H-pyrrole nitrogens is 1. The number of hydrogen-bond donors (Lipinski definition) is 3. The quantitative estimate of drug-likeness (QED) is 0.720. The van der Waals surface area contributed by atoms with Gasteiger partial charge in [-0.05, 0) is 32.8 Å². The van der Waals surface area contributed by atoms with Crippen LogP contribution in [0.4, 0.5) is 10.5 Å². The molecule has 0 aliphatic heterocycles. The maximum Gasteiger partial charge on any atom is 0.354 e. The number of aryl methyl sites for hydroxylation is 1. The van der Waals surface area contributed by atoms with Crippen LogP contribution in [0.3, 0.4) is 0 Å². The van der Waals surface area contributed by atoms with Gasteiger partial charge in [-0.25, -0.2) is 9.59 Å². The zero-order chi connectivity index (χ0) is 16.0. The molecule has 0 radical (unpaired) electrons. The zero-order valence-electron chi connectivity index (χ0n) is 13.2. The highest BCUT2D eigenvalue weighted by Gasteiger charge is 2.21. The van der Waals surface area contributed by atoms with Gasteiger partial charge >= 0.3 is 12.0 Å². The monoisotopic (exact) mass is 295 g/mol. The minimum atomic E-state index is -1.08. The van der Waals surface area contributed by atoms with Gasteiger partial charge in [0.05, 0.1) is 5.69 Å². The van der Waals surface area contributed by atoms with Crippen LogP contribution in [0, 0.1) is 6.92 Å². The Bertz CT molecular complexity index is 496. The summed E-state index contributed by atoms with van der Waals surface area (Å²) in [5.41, 5.74) is 1.03. The van der Waals surface area contributed by atoms with E-state index in [0.29, 0.717) is 17.9 Å². The largest absolute Gasteiger partial charge is 0.477 e. The number of nitrogens with one attached hydrogen (secondary N) is 2. The number of amides is 2. The molecule has 1 aromatic rings. The molecule has 0 spiro atoms. The van der Waals surface area contributed by atoms with Crippen molar-refractivity contribution in [1.29, 1.82) is 0 Å². The summed E-state index contributed by atoms with van der Waals surface area (Å²) in [6, 6.07) is 1.50. The first-order chi connectivity index (χ1) is 9.90. The smallest absolute Gasteiger partial charge is 0.354 e. The van der Waals surface area contributed by atoms with Crippen molar-refractivity contribution < 1.29 is 14.7 Å². The zero-order valence-corrected chi connectivity index (χ0v) is 13.2. The molecule has 0 saturated carbocycles. The van der Waals surface area contributed by atoms with Crippen molar-refractivity contribution in [2.75, 3.05) is 11.9 Å². The molecule has 1 rings (SSSR count). The van der Waals surface area contributed by atoms with Crippen LogP contribution in [0.15, 0.2) is 6.07 Å². The van der Waals surface area contributed by atoms with Gasteiger partial charge in [-0.15, -0.1) is 0 Å². The molecule has 3 N–H and O–H groups in total. The fraction of sp³-hybridized carbons (Fsp3) is 0.600. The summed E-state index contributed by atoms with van der Waals surface area (Å²) >= 11 is 0. The number of hydrogen-bond acceptors (Lipinski definition) is 2. The van der Waals surface area contributed by atoms with Crippen molar-refractivity contribution >= 4 is 17.7 Å². The van der Waals surface area contributed by atoms with Gasteiger partial charge in [-0.2, -0.15) is 0 Å². The lowest BCUT2D eigenvalue weighted by atomic mass is 10.2. The van der Waals surface area contributed by atoms with Gasteiger partial charge in [0, 0.05) is 18.3 Å². The maximum absolute atomic E-state index is 12.4. The first-order valence-electron chi connectivity index (χ1n) is 7.41. The molecular weight excluding hydrogens is 270 g/mol. The van der Waals surface area contributed by atoms with Gasteiger partial charge in [-0.1, -0.05) is 20.3 Å². The van der Waals surface area contributed by atoms with Crippen LogP contribution in [-0.4, -0.2) is 39.6 Å². The van der Waals surface area contributed by atoms with E-state index >= 15 is 0 Å². The summed E-state index contributed by atoms with van der Waals surface area (Å²) in [6.07, 6.45) is 2.79. The number of carboxylic acid groups (broad SMARTS) is 1. The Morgan fingerprint density at radius 2 is 2.10 bits per heavy atom. The second kappa shape index (κ2) is 7.71. The Morgan fingerprint density at radius 3 is 2.62 bits per heavy atom. The van der Waals surface area contributed by atoms with Gasteiger partial charge in [-0.3, -0.25) is 0 Å². The highest BCUT2D eigenvalue weighted by molar-refractivity contribution is 5.99. The van der Waals surface area contributed by atoms with Gasteiger partial charge in [0.2, 0.25) is 0 Å². The maximum atomic E-state index is 12.4. The molecule has 1 heterocycles. The highest BCUT2D eigenvalue weighted by atomic mass is 16.4. The van der Waals surface area contributed by atoms with Crippen LogP contribution in [-0.2, 0) is 0 Å². The number of carboxylic acids is 1. The lowest BCUT2D eigenvalue weighted by Crippen LogP contribution is -2.42. The Morgan fingerprint density at radius 1 is 1.43 bits per heavy atom. The fourth-order valence-corrected chi connectivity index (χ4v) is 2.11. The summed E-state index contributed by atoms with van der Waals surface area (Å²) in [6.45, 7) is 8.52. The molecule has 21 heavy (non-hydrogen) atoms. The molecule has 6 heteroatoms. The van der Waals surface area contributed by atoms with E-state index < -0.39 is 5.97 Å². The molecule has 0 saturated heterocycles. The highest BCUT2D eigenvalue weighted by Crippen LogP contribution is 2.18. The van der Waals surface area contributed by atoms with Gasteiger partial charge in [0.1, 0.15) is 5.69 Å². The number of aromatic amines is 1. The second-order valence-electron chi connectivity index (χ2n) is 5.28. The van der Waals surface area contributed by atoms with E-state index in [1.807, 2.05) is 13.8 Å². The van der Waals surface area contributed by atoms with E-state index in [2.05, 4.69) is 17.2 Å². The van der Waals surface area contributed by atoms with Crippen molar-refractivity contribution in [2.45, 2.75) is 53.0 Å². The van der Waals surface area contributed by atoms with Crippen LogP contribution in [0.5, 0.6) is 0 Å². The van der Waals surface area contributed by atoms with Crippen LogP contribution in [0.1, 0.15) is 56.2 Å². The average molecular weight is 295 g/mol. The third kappa shape index (κ3) is 4.51. The van der Waals surface area contributed by atoms with Crippen LogP contribution in [0.25, 0.3) is 0 Å². The molecule has 2 amide bonds. The Labute approximate surface area is 125 Å². The van der Waals surface area contributed by atoms with Crippen molar-refractivity contribution in [2.24, 2.45) is 0 Å². The third-order valence-electron chi connectivity index (χ3n) is 3.54. The minimum Gasteiger partial charge on any atom is -0.477 e. The normalized spacial score (nSPS) is 12.0. The number of aromatic carboxylic acids is 1. The van der Waals surface area contributed by atoms with Crippen LogP contribution in [0.2, 0.25) is 0 Å². The van der Waals surface area contributed by atoms with Gasteiger partial charge in [0.15, 0.2) is 0 Å². The standard InChI is InChI=1S/C15H25N3O3/c1-5-7-8-18(11(4)6-2)15(21)17-12-9-10(3)16-13(12)14(19)20/h9,11,16H,5-8H2,1-4H3,(H,17,21)(H,19,20). The number of rotatable bonds is 7. The summed E-state index contributed by atoms with van der Waals surface area (Å²) in [5, 5.41) is 11.8. The van der Waals surface area contributed by atoms with Crippen molar-refractivity contribution in [3.05, 3.63) is 17.5 Å². The number of carbonyl (C=O) groups excluding carboxylic acids is 1. The Hall–Kier alpha value is -1.98. The average Bonchev–Trinajstić information content (AvgIpc) is 2.79. The van der Waals surface area contributed by atoms with E-state index in [1.54, 1.807) is 17.9 Å². The second-order valence-corrected chi connectivity index (χ2v) is 5.28. The molecule has 1 aromatic heterocycles. The van der Waals surface area contributed by atoms with Crippen molar-refractivity contribution in [1.82, 2.24) is 9.88 Å². The van der Waals surface area contributed by atoms with E-state index in [-0.39, 0.29) is 17.8 Å². The number of carbonyl (C=O) groups is 2. The molecular formula is C15H25N3O3. The lowest BCUT2D eigenvalue weighted by molar-refractivity contribution is 0.0692.